The Bertz CT molecular complexity index is 1430. The molecule has 0 aromatic rings. The maximum Gasteiger partial charge on any atom is 0.305 e. The zero-order valence-corrected chi connectivity index (χ0v) is 56.6. The molecule has 0 rings (SSSR count). The van der Waals surface area contributed by atoms with Gasteiger partial charge in [-0.2, -0.15) is 0 Å². The zero-order chi connectivity index (χ0) is 62.5. The molecular weight excluding hydrogens is 1080 g/mol. The van der Waals surface area contributed by atoms with Crippen molar-refractivity contribution in [3.8, 4) is 0 Å². The fourth-order valence-electron chi connectivity index (χ4n) is 10.0. The summed E-state index contributed by atoms with van der Waals surface area (Å²) in [7, 11) is 0. The normalized spacial score (nSPS) is 12.2. The Morgan fingerprint density at radius 2 is 0.605 bits per heavy atom. The molecule has 0 bridgehead atoms. The maximum atomic E-state index is 12.8. The van der Waals surface area contributed by atoms with Crippen molar-refractivity contribution in [2.24, 2.45) is 0 Å². The van der Waals surface area contributed by atoms with Crippen LogP contribution in [0.1, 0.15) is 298 Å². The Hall–Kier alpha value is -2.91. The van der Waals surface area contributed by atoms with Gasteiger partial charge in [0.05, 0.1) is 39.3 Å². The van der Waals surface area contributed by atoms with Gasteiger partial charge < -0.3 is 43.2 Å². The number of carbonyl (C=O) groups excluding carboxylic acids is 3. The zero-order valence-electron chi connectivity index (χ0n) is 56.6. The molecule has 0 radical (unpaired) electrons. The molecule has 0 atom stereocenters. The molecule has 0 aliphatic rings. The predicted molar refractivity (Wildman–Crippen MR) is 358 cm³/mol. The molecule has 1 N–H and O–H groups in total. The van der Waals surface area contributed by atoms with Gasteiger partial charge in [-0.15, -0.1) is 0 Å². The van der Waals surface area contributed by atoms with E-state index in [1.165, 1.54) is 32.1 Å². The van der Waals surface area contributed by atoms with Crippen LogP contribution >= 0.6 is 0 Å². The van der Waals surface area contributed by atoms with Crippen LogP contribution in [0.4, 0.5) is 0 Å². The highest BCUT2D eigenvalue weighted by atomic mass is 16.7. The average Bonchev–Trinajstić information content (AvgIpc) is 3.51. The molecular formula is C73H136N2O11. The van der Waals surface area contributed by atoms with Crippen molar-refractivity contribution in [2.45, 2.75) is 310 Å². The molecule has 504 valence electrons. The summed E-state index contributed by atoms with van der Waals surface area (Å²) in [4.78, 5) is 42.9. The standard InChI is InChI=1S/C73H136N2O11/c1-6-11-16-21-26-36-43-62-80-69(77)50-39-28-27-29-40-57-75(60-61-76)59-58-74(55-41-30-37-44-63-81-70(78)51-53-72(83-65-46-32-22-17-12-7-2)84-66-47-33-23-18-13-8-3)56-42-31-38-45-64-82-71(79)52-54-73(85-67-48-34-24-19-14-9-4)86-68-49-35-25-20-15-10-5/h12-15,17-20,72-73,76H,6-11,16,21-68H2,1-5H3/b17-12-,18-13-,19-14-,20-15-. The van der Waals surface area contributed by atoms with Crippen LogP contribution in [0.5, 0.6) is 0 Å². The van der Waals surface area contributed by atoms with Crippen LogP contribution in [0.25, 0.3) is 0 Å². The van der Waals surface area contributed by atoms with Gasteiger partial charge in [0.15, 0.2) is 12.6 Å². The second kappa shape index (κ2) is 69.6. The molecule has 0 unspecified atom stereocenters. The number of hydrogen-bond acceptors (Lipinski definition) is 13. The topological polar surface area (TPSA) is 143 Å². The van der Waals surface area contributed by atoms with E-state index in [4.69, 9.17) is 33.2 Å². The van der Waals surface area contributed by atoms with Crippen molar-refractivity contribution in [1.29, 1.82) is 0 Å². The number of allylic oxidation sites excluding steroid dienone is 8. The molecule has 13 nitrogen and oxygen atoms in total. The number of nitrogens with zero attached hydrogens (tertiary/aromatic N) is 2. The summed E-state index contributed by atoms with van der Waals surface area (Å²) >= 11 is 0. The fourth-order valence-corrected chi connectivity index (χ4v) is 10.0. The summed E-state index contributed by atoms with van der Waals surface area (Å²) in [5, 5.41) is 10.0. The maximum absolute atomic E-state index is 12.8. The molecule has 0 fully saturated rings. The molecule has 0 heterocycles. The van der Waals surface area contributed by atoms with Gasteiger partial charge in [0.1, 0.15) is 0 Å². The Morgan fingerprint density at radius 3 is 0.942 bits per heavy atom. The third-order valence-corrected chi connectivity index (χ3v) is 15.3. The minimum absolute atomic E-state index is 0.0559. The molecule has 0 aliphatic carbocycles. The molecule has 0 amide bonds. The van der Waals surface area contributed by atoms with Crippen molar-refractivity contribution in [1.82, 2.24) is 9.80 Å². The Kier molecular flexibility index (Phi) is 67.2. The average molecular weight is 1220 g/mol. The second-order valence-electron chi connectivity index (χ2n) is 23.5. The fraction of sp³-hybridized carbons (Fsp3) is 0.849. The first kappa shape index (κ1) is 83.1. The first-order valence-electron chi connectivity index (χ1n) is 35.9. The van der Waals surface area contributed by atoms with Crippen LogP contribution in [-0.2, 0) is 47.5 Å². The number of ether oxygens (including phenoxy) is 7. The number of hydrogen-bond donors (Lipinski definition) is 1. The quantitative estimate of drug-likeness (QED) is 0.0203. The van der Waals surface area contributed by atoms with Gasteiger partial charge in [-0.25, -0.2) is 0 Å². The molecule has 0 aliphatic heterocycles. The summed E-state index contributed by atoms with van der Waals surface area (Å²) in [6.45, 7) is 20.4. The van der Waals surface area contributed by atoms with Gasteiger partial charge in [0.2, 0.25) is 0 Å². The Morgan fingerprint density at radius 1 is 0.314 bits per heavy atom. The molecule has 0 saturated heterocycles. The van der Waals surface area contributed by atoms with E-state index in [-0.39, 0.29) is 49.9 Å². The summed E-state index contributed by atoms with van der Waals surface area (Å²) < 4.78 is 41.4. The number of rotatable bonds is 69. The lowest BCUT2D eigenvalue weighted by Gasteiger charge is -2.27. The van der Waals surface area contributed by atoms with E-state index in [1.807, 2.05) is 0 Å². The Labute approximate surface area is 529 Å². The first-order valence-corrected chi connectivity index (χ1v) is 35.9. The van der Waals surface area contributed by atoms with Crippen LogP contribution in [0.15, 0.2) is 48.6 Å². The number of carbonyl (C=O) groups is 3. The lowest BCUT2D eigenvalue weighted by molar-refractivity contribution is -0.159. The van der Waals surface area contributed by atoms with Gasteiger partial charge >= 0.3 is 17.9 Å². The van der Waals surface area contributed by atoms with E-state index < -0.39 is 0 Å². The minimum Gasteiger partial charge on any atom is -0.466 e. The summed E-state index contributed by atoms with van der Waals surface area (Å²) in [6.07, 6.45) is 57.4. The van der Waals surface area contributed by atoms with Crippen LogP contribution < -0.4 is 0 Å². The van der Waals surface area contributed by atoms with Crippen molar-refractivity contribution in [3.63, 3.8) is 0 Å². The van der Waals surface area contributed by atoms with Crippen LogP contribution in [0.2, 0.25) is 0 Å². The van der Waals surface area contributed by atoms with Gasteiger partial charge in [0.25, 0.3) is 0 Å². The Balaban J connectivity index is 5.09. The van der Waals surface area contributed by atoms with Crippen LogP contribution in [0, 0.1) is 0 Å². The van der Waals surface area contributed by atoms with E-state index in [0.29, 0.717) is 72.1 Å². The molecule has 0 aromatic carbocycles. The van der Waals surface area contributed by atoms with Crippen molar-refractivity contribution in [2.75, 3.05) is 92.1 Å². The largest absolute Gasteiger partial charge is 0.466 e. The summed E-state index contributed by atoms with van der Waals surface area (Å²) in [5.41, 5.74) is 0. The summed E-state index contributed by atoms with van der Waals surface area (Å²) in [6, 6.07) is 0. The van der Waals surface area contributed by atoms with Gasteiger partial charge in [0, 0.05) is 65.3 Å². The number of unbranched alkanes of at least 4 members (excludes halogenated alkanes) is 24. The first-order chi connectivity index (χ1) is 42.3. The number of aliphatic hydroxyl groups is 1. The monoisotopic (exact) mass is 1220 g/mol. The molecule has 13 heteroatoms. The third-order valence-electron chi connectivity index (χ3n) is 15.3. The van der Waals surface area contributed by atoms with Crippen molar-refractivity contribution in [3.05, 3.63) is 48.6 Å². The lowest BCUT2D eigenvalue weighted by atomic mass is 10.1. The smallest absolute Gasteiger partial charge is 0.305 e. The highest BCUT2D eigenvalue weighted by molar-refractivity contribution is 5.70. The molecule has 0 saturated carbocycles. The van der Waals surface area contributed by atoms with E-state index >= 15 is 0 Å². The predicted octanol–water partition coefficient (Wildman–Crippen LogP) is 18.2. The summed E-state index contributed by atoms with van der Waals surface area (Å²) in [5.74, 6) is -0.429. The minimum atomic E-state index is -0.390. The van der Waals surface area contributed by atoms with Gasteiger partial charge in [-0.3, -0.25) is 19.3 Å². The van der Waals surface area contributed by atoms with Gasteiger partial charge in [-0.05, 0) is 167 Å². The van der Waals surface area contributed by atoms with E-state index in [9.17, 15) is 19.5 Å². The molecule has 86 heavy (non-hydrogen) atoms. The van der Waals surface area contributed by atoms with E-state index in [2.05, 4.69) is 93.0 Å². The van der Waals surface area contributed by atoms with Crippen LogP contribution in [-0.4, -0.2) is 138 Å². The number of aliphatic hydroxyl groups excluding tert-OH is 1. The highest BCUT2D eigenvalue weighted by Crippen LogP contribution is 2.15. The number of esters is 3. The van der Waals surface area contributed by atoms with Crippen LogP contribution in [0.3, 0.4) is 0 Å². The lowest BCUT2D eigenvalue weighted by Crippen LogP contribution is -2.38. The molecule has 0 aromatic heterocycles. The molecule has 0 spiro atoms. The van der Waals surface area contributed by atoms with Gasteiger partial charge in [-0.1, -0.05) is 167 Å². The SMILES string of the molecule is CC/C=C\CCCCOC(CCC(=O)OCCCCCCN(CCCCCCOC(=O)CCC(OCCCC/C=C\CC)OCCCC/C=C\CC)CCN(CCO)CCCCCCCC(=O)OCCCCCCCCC)OCCCC/C=C\CC. The van der Waals surface area contributed by atoms with E-state index in [1.54, 1.807) is 0 Å². The third kappa shape index (κ3) is 62.7. The second-order valence-corrected chi connectivity index (χ2v) is 23.5. The highest BCUT2D eigenvalue weighted by Gasteiger charge is 2.16. The van der Waals surface area contributed by atoms with E-state index in [0.717, 1.165) is 232 Å². The van der Waals surface area contributed by atoms with Crippen molar-refractivity contribution >= 4 is 17.9 Å². The van der Waals surface area contributed by atoms with Crippen molar-refractivity contribution < 1.29 is 52.6 Å².